The molecule has 0 spiro atoms. The molecule has 0 saturated carbocycles. The summed E-state index contributed by atoms with van der Waals surface area (Å²) < 4.78 is 4.80. The van der Waals surface area contributed by atoms with Crippen molar-refractivity contribution in [3.63, 3.8) is 0 Å². The van der Waals surface area contributed by atoms with Crippen molar-refractivity contribution in [1.29, 1.82) is 0 Å². The van der Waals surface area contributed by atoms with Gasteiger partial charge in [0.2, 0.25) is 0 Å². The summed E-state index contributed by atoms with van der Waals surface area (Å²) in [6.07, 6.45) is 0. The molecular weight excluding hydrogens is 376 g/mol. The van der Waals surface area contributed by atoms with Gasteiger partial charge in [0.05, 0.1) is 5.39 Å². The van der Waals surface area contributed by atoms with Crippen LogP contribution in [0.4, 0.5) is 0 Å². The molecule has 4 aromatic rings. The minimum absolute atomic E-state index is 0.132. The molecule has 0 amide bonds. The van der Waals surface area contributed by atoms with Gasteiger partial charge in [-0.25, -0.2) is 0 Å². The Morgan fingerprint density at radius 1 is 0.900 bits per heavy atom. The lowest BCUT2D eigenvalue weighted by molar-refractivity contribution is 0.574. The monoisotopic (exact) mass is 398 g/mol. The van der Waals surface area contributed by atoms with Gasteiger partial charge in [-0.3, -0.25) is 23.5 Å². The number of nitrogens with zero attached hydrogens (tertiary/aromatic N) is 3. The van der Waals surface area contributed by atoms with Crippen molar-refractivity contribution in [3.8, 4) is 17.5 Å². The number of benzene rings is 2. The van der Waals surface area contributed by atoms with Gasteiger partial charge in [0.15, 0.2) is 0 Å². The van der Waals surface area contributed by atoms with Crippen molar-refractivity contribution in [2.24, 2.45) is 19.8 Å². The van der Waals surface area contributed by atoms with E-state index in [0.29, 0.717) is 16.6 Å². The van der Waals surface area contributed by atoms with Gasteiger partial charge in [0.25, 0.3) is 11.1 Å². The molecule has 0 saturated heterocycles. The Morgan fingerprint density at radius 3 is 2.27 bits per heavy atom. The molecule has 2 N–H and O–H groups in total. The van der Waals surface area contributed by atoms with E-state index in [4.69, 9.17) is 5.73 Å². The number of nitrogens with two attached hydrogens (primary N) is 1. The van der Waals surface area contributed by atoms with E-state index in [2.05, 4.69) is 11.8 Å². The number of hydrogen-bond donors (Lipinski definition) is 1. The van der Waals surface area contributed by atoms with E-state index in [1.54, 1.807) is 23.3 Å². The summed E-state index contributed by atoms with van der Waals surface area (Å²) in [6, 6.07) is 18.1. The summed E-state index contributed by atoms with van der Waals surface area (Å²) >= 11 is 0. The number of aromatic nitrogens is 3. The van der Waals surface area contributed by atoms with Crippen LogP contribution in [0.3, 0.4) is 0 Å². The fourth-order valence-corrected chi connectivity index (χ4v) is 3.53. The summed E-state index contributed by atoms with van der Waals surface area (Å²) in [6.45, 7) is 1.86. The number of rotatable bonds is 2. The molecule has 0 aliphatic heterocycles. The maximum atomic E-state index is 13.6. The van der Waals surface area contributed by atoms with Crippen LogP contribution in [0.1, 0.15) is 29.9 Å². The summed E-state index contributed by atoms with van der Waals surface area (Å²) in [5, 5.41) is 1.31. The van der Waals surface area contributed by atoms with E-state index in [1.165, 1.54) is 10.7 Å². The largest absolute Gasteiger partial charge is 0.323 e. The second kappa shape index (κ2) is 7.54. The zero-order chi connectivity index (χ0) is 21.4. The summed E-state index contributed by atoms with van der Waals surface area (Å²) in [5.41, 5.74) is 8.57. The van der Waals surface area contributed by atoms with Crippen LogP contribution in [-0.2, 0) is 14.1 Å². The Morgan fingerprint density at radius 2 is 1.63 bits per heavy atom. The summed E-state index contributed by atoms with van der Waals surface area (Å²) in [5.74, 6) is 6.11. The second-order valence-corrected chi connectivity index (χ2v) is 7.27. The highest BCUT2D eigenvalue weighted by Gasteiger charge is 2.15. The zero-order valence-electron chi connectivity index (χ0n) is 17.1. The summed E-state index contributed by atoms with van der Waals surface area (Å²) in [4.78, 5) is 25.4. The summed E-state index contributed by atoms with van der Waals surface area (Å²) in [7, 11) is 3.45. The maximum Gasteiger partial charge on any atom is 0.267 e. The molecule has 6 nitrogen and oxygen atoms in total. The molecule has 0 aliphatic carbocycles. The molecule has 150 valence electrons. The molecule has 2 heterocycles. The van der Waals surface area contributed by atoms with Crippen molar-refractivity contribution in [1.82, 2.24) is 13.9 Å². The predicted molar refractivity (Wildman–Crippen MR) is 119 cm³/mol. The Kier molecular flexibility index (Phi) is 4.90. The highest BCUT2D eigenvalue weighted by atomic mass is 16.1. The number of fused-ring (bicyclic) bond motifs is 1. The molecule has 1 atom stereocenters. The van der Waals surface area contributed by atoms with Gasteiger partial charge < -0.3 is 5.73 Å². The molecule has 30 heavy (non-hydrogen) atoms. The molecule has 2 aromatic carbocycles. The van der Waals surface area contributed by atoms with Crippen molar-refractivity contribution in [2.75, 3.05) is 0 Å². The van der Waals surface area contributed by atoms with E-state index in [9.17, 15) is 9.59 Å². The van der Waals surface area contributed by atoms with Crippen LogP contribution in [0.5, 0.6) is 0 Å². The van der Waals surface area contributed by atoms with Crippen LogP contribution in [0.2, 0.25) is 0 Å². The third-order valence-electron chi connectivity index (χ3n) is 5.26. The maximum absolute atomic E-state index is 13.6. The molecule has 0 fully saturated rings. The van der Waals surface area contributed by atoms with Crippen molar-refractivity contribution < 1.29 is 0 Å². The fourth-order valence-electron chi connectivity index (χ4n) is 3.53. The third-order valence-corrected chi connectivity index (χ3v) is 5.26. The van der Waals surface area contributed by atoms with E-state index in [-0.39, 0.29) is 17.2 Å². The van der Waals surface area contributed by atoms with Crippen molar-refractivity contribution >= 4 is 10.8 Å². The number of pyridine rings is 1. The molecule has 6 heteroatoms. The molecule has 1 unspecified atom stereocenters. The van der Waals surface area contributed by atoms with Crippen LogP contribution in [0.15, 0.2) is 70.3 Å². The quantitative estimate of drug-likeness (QED) is 0.527. The highest BCUT2D eigenvalue weighted by Crippen LogP contribution is 2.22. The molecule has 0 aliphatic rings. The first kappa shape index (κ1) is 19.5. The Hall–Kier alpha value is -3.82. The smallest absolute Gasteiger partial charge is 0.267 e. The van der Waals surface area contributed by atoms with Crippen LogP contribution in [0, 0.1) is 11.8 Å². The van der Waals surface area contributed by atoms with Crippen LogP contribution in [0.25, 0.3) is 16.5 Å². The first-order chi connectivity index (χ1) is 14.4. The highest BCUT2D eigenvalue weighted by molar-refractivity contribution is 5.88. The fraction of sp³-hybridized carbons (Fsp3) is 0.167. The van der Waals surface area contributed by atoms with Gasteiger partial charge in [0, 0.05) is 43.1 Å². The Labute approximate surface area is 173 Å². The molecule has 4 rings (SSSR count). The molecule has 0 radical (unpaired) electrons. The van der Waals surface area contributed by atoms with Gasteiger partial charge in [0.1, 0.15) is 5.69 Å². The van der Waals surface area contributed by atoms with Gasteiger partial charge in [-0.1, -0.05) is 36.3 Å². The van der Waals surface area contributed by atoms with Gasteiger partial charge in [-0.2, -0.15) is 0 Å². The number of hydrogen-bond acceptors (Lipinski definition) is 3. The van der Waals surface area contributed by atoms with Crippen LogP contribution >= 0.6 is 0 Å². The SMILES string of the molecule is CC(N)c1cc2cccc(C#Cc3cc(=O)n(C)n3C)c2c(=O)n1-c1ccccc1. The van der Waals surface area contributed by atoms with Crippen LogP contribution < -0.4 is 16.9 Å². The lowest BCUT2D eigenvalue weighted by Crippen LogP contribution is -2.26. The minimum Gasteiger partial charge on any atom is -0.323 e. The lowest BCUT2D eigenvalue weighted by Gasteiger charge is -2.17. The lowest BCUT2D eigenvalue weighted by atomic mass is 10.0. The molecule has 0 bridgehead atoms. The van der Waals surface area contributed by atoms with Gasteiger partial charge in [-0.05, 0) is 42.5 Å². The topological polar surface area (TPSA) is 75.0 Å². The van der Waals surface area contributed by atoms with Crippen molar-refractivity contribution in [3.05, 3.63) is 98.3 Å². The normalized spacial score (nSPS) is 11.9. The first-order valence-electron chi connectivity index (χ1n) is 9.63. The van der Waals surface area contributed by atoms with Gasteiger partial charge >= 0.3 is 0 Å². The van der Waals surface area contributed by atoms with E-state index in [1.807, 2.05) is 61.5 Å². The molecule has 2 aromatic heterocycles. The minimum atomic E-state index is -0.323. The standard InChI is InChI=1S/C24H22N4O2/c1-16(25)21-14-18-9-7-8-17(12-13-20-15-22(29)27(3)26(20)2)23(18)24(30)28(21)19-10-5-4-6-11-19/h4-11,14-16H,25H2,1-3H3. The average molecular weight is 398 g/mol. The third kappa shape index (κ3) is 3.25. The zero-order valence-corrected chi connectivity index (χ0v) is 17.1. The first-order valence-corrected chi connectivity index (χ1v) is 9.63. The predicted octanol–water partition coefficient (Wildman–Crippen LogP) is 2.45. The van der Waals surface area contributed by atoms with Crippen molar-refractivity contribution in [2.45, 2.75) is 13.0 Å². The average Bonchev–Trinajstić information content (AvgIpc) is 2.99. The van der Waals surface area contributed by atoms with E-state index >= 15 is 0 Å². The Bertz CT molecular complexity index is 1430. The second-order valence-electron chi connectivity index (χ2n) is 7.27. The molecular formula is C24H22N4O2. The van der Waals surface area contributed by atoms with Gasteiger partial charge in [-0.15, -0.1) is 0 Å². The number of para-hydroxylation sites is 1. The van der Waals surface area contributed by atoms with E-state index < -0.39 is 0 Å². The van der Waals surface area contributed by atoms with E-state index in [0.717, 1.165) is 16.8 Å². The van der Waals surface area contributed by atoms with Crippen LogP contribution in [-0.4, -0.2) is 13.9 Å². The Balaban J connectivity index is 2.00.